The number of nitrogens with zero attached hydrogens (tertiary/aromatic N) is 1. The highest BCUT2D eigenvalue weighted by Crippen LogP contribution is 2.23. The molecular weight excluding hydrogens is 154 g/mol. The summed E-state index contributed by atoms with van der Waals surface area (Å²) in [4.78, 5) is 11.1. The average Bonchev–Trinajstić information content (AvgIpc) is 1.96. The van der Waals surface area contributed by atoms with Gasteiger partial charge in [0.15, 0.2) is 0 Å². The Bertz CT molecular complexity index is 168. The minimum Gasteiger partial charge on any atom is -0.286 e. The zero-order valence-electron chi connectivity index (χ0n) is 7.79. The highest BCUT2D eigenvalue weighted by atomic mass is 16.5. The number of piperidine rings is 1. The fraction of sp³-hybridized carbons (Fsp3) is 0.889. The molecule has 1 atom stereocenters. The van der Waals surface area contributed by atoms with Crippen LogP contribution in [0, 0.1) is 11.8 Å². The summed E-state index contributed by atoms with van der Waals surface area (Å²) in [6, 6.07) is 0. The van der Waals surface area contributed by atoms with Crippen LogP contribution in [0.25, 0.3) is 0 Å². The van der Waals surface area contributed by atoms with Gasteiger partial charge in [-0.1, -0.05) is 13.8 Å². The Kier molecular flexibility index (Phi) is 3.09. The van der Waals surface area contributed by atoms with Gasteiger partial charge in [0, 0.05) is 13.0 Å². The lowest BCUT2D eigenvalue weighted by atomic mass is 9.89. The highest BCUT2D eigenvalue weighted by Gasteiger charge is 2.24. The van der Waals surface area contributed by atoms with E-state index in [4.69, 9.17) is 5.21 Å². The van der Waals surface area contributed by atoms with Gasteiger partial charge in [0.2, 0.25) is 5.91 Å². The molecule has 12 heavy (non-hydrogen) atoms. The maximum absolute atomic E-state index is 11.1. The summed E-state index contributed by atoms with van der Waals surface area (Å²) in [5.74, 6) is 1.01. The van der Waals surface area contributed by atoms with E-state index in [-0.39, 0.29) is 5.91 Å². The second-order valence-corrected chi connectivity index (χ2v) is 4.01. The van der Waals surface area contributed by atoms with Crippen LogP contribution in [0.5, 0.6) is 0 Å². The molecule has 1 unspecified atom stereocenters. The molecule has 0 spiro atoms. The summed E-state index contributed by atoms with van der Waals surface area (Å²) in [7, 11) is 0. The molecule has 0 radical (unpaired) electrons. The van der Waals surface area contributed by atoms with Crippen molar-refractivity contribution in [2.45, 2.75) is 33.1 Å². The first-order chi connectivity index (χ1) is 5.59. The average molecular weight is 171 g/mol. The topological polar surface area (TPSA) is 40.5 Å². The molecule has 0 saturated carbocycles. The molecule has 1 heterocycles. The van der Waals surface area contributed by atoms with Crippen molar-refractivity contribution >= 4 is 5.91 Å². The molecule has 1 aliphatic rings. The predicted molar refractivity (Wildman–Crippen MR) is 45.7 cm³/mol. The van der Waals surface area contributed by atoms with Crippen LogP contribution in [0.4, 0.5) is 0 Å². The quantitative estimate of drug-likeness (QED) is 0.642. The fourth-order valence-corrected chi connectivity index (χ4v) is 1.75. The van der Waals surface area contributed by atoms with Crippen molar-refractivity contribution in [3.05, 3.63) is 0 Å². The number of amides is 1. The molecule has 3 nitrogen and oxygen atoms in total. The number of hydrogen-bond donors (Lipinski definition) is 1. The van der Waals surface area contributed by atoms with Crippen LogP contribution in [0.15, 0.2) is 0 Å². The molecular formula is C9H17NO2. The maximum Gasteiger partial charge on any atom is 0.246 e. The zero-order valence-corrected chi connectivity index (χ0v) is 7.79. The first-order valence-electron chi connectivity index (χ1n) is 4.59. The standard InChI is InChI=1S/C9H17NO2/c1-7(2)5-8-3-4-10(12)9(11)6-8/h7-8,12H,3-6H2,1-2H3. The maximum atomic E-state index is 11.1. The van der Waals surface area contributed by atoms with Crippen LogP contribution in [0.2, 0.25) is 0 Å². The summed E-state index contributed by atoms with van der Waals surface area (Å²) >= 11 is 0. The molecule has 1 rings (SSSR count). The van der Waals surface area contributed by atoms with Crippen LogP contribution < -0.4 is 0 Å². The number of rotatable bonds is 2. The van der Waals surface area contributed by atoms with E-state index in [2.05, 4.69) is 13.8 Å². The Hall–Kier alpha value is -0.570. The second-order valence-electron chi connectivity index (χ2n) is 4.01. The van der Waals surface area contributed by atoms with Gasteiger partial charge in [-0.15, -0.1) is 0 Å². The summed E-state index contributed by atoms with van der Waals surface area (Å²) in [6.45, 7) is 4.84. The SMILES string of the molecule is CC(C)CC1CCN(O)C(=O)C1. The number of carbonyl (C=O) groups excluding carboxylic acids is 1. The van der Waals surface area contributed by atoms with Gasteiger partial charge in [-0.05, 0) is 24.7 Å². The summed E-state index contributed by atoms with van der Waals surface area (Å²) < 4.78 is 0. The van der Waals surface area contributed by atoms with Crippen LogP contribution in [-0.4, -0.2) is 22.7 Å². The molecule has 70 valence electrons. The van der Waals surface area contributed by atoms with Crippen LogP contribution in [-0.2, 0) is 4.79 Å². The van der Waals surface area contributed by atoms with Crippen molar-refractivity contribution in [1.29, 1.82) is 0 Å². The Morgan fingerprint density at radius 1 is 1.67 bits per heavy atom. The Morgan fingerprint density at radius 3 is 2.83 bits per heavy atom. The molecule has 0 bridgehead atoms. The van der Waals surface area contributed by atoms with Crippen molar-refractivity contribution in [3.63, 3.8) is 0 Å². The fourth-order valence-electron chi connectivity index (χ4n) is 1.75. The summed E-state index contributed by atoms with van der Waals surface area (Å²) in [5.41, 5.74) is 0. The third kappa shape index (κ3) is 2.48. The normalized spacial score (nSPS) is 25.2. The van der Waals surface area contributed by atoms with Gasteiger partial charge in [-0.25, -0.2) is 5.06 Å². The van der Waals surface area contributed by atoms with E-state index in [1.807, 2.05) is 0 Å². The first kappa shape index (κ1) is 9.52. The second kappa shape index (κ2) is 3.90. The van der Waals surface area contributed by atoms with E-state index in [1.165, 1.54) is 0 Å². The largest absolute Gasteiger partial charge is 0.286 e. The van der Waals surface area contributed by atoms with Gasteiger partial charge in [0.1, 0.15) is 0 Å². The molecule has 1 fully saturated rings. The van der Waals surface area contributed by atoms with Crippen molar-refractivity contribution in [1.82, 2.24) is 5.06 Å². The Labute approximate surface area is 73.3 Å². The lowest BCUT2D eigenvalue weighted by Gasteiger charge is -2.27. The van der Waals surface area contributed by atoms with E-state index in [0.717, 1.165) is 17.9 Å². The van der Waals surface area contributed by atoms with E-state index in [0.29, 0.717) is 24.8 Å². The van der Waals surface area contributed by atoms with Crippen molar-refractivity contribution in [2.24, 2.45) is 11.8 Å². The molecule has 1 aliphatic heterocycles. The molecule has 1 amide bonds. The molecule has 0 aromatic heterocycles. The molecule has 0 aromatic carbocycles. The minimum absolute atomic E-state index is 0.119. The summed E-state index contributed by atoms with van der Waals surface area (Å²) in [6.07, 6.45) is 2.56. The molecule has 0 aliphatic carbocycles. The summed E-state index contributed by atoms with van der Waals surface area (Å²) in [5, 5.41) is 9.86. The number of hydrogen-bond acceptors (Lipinski definition) is 2. The van der Waals surface area contributed by atoms with E-state index in [9.17, 15) is 4.79 Å². The Balaban J connectivity index is 2.35. The van der Waals surface area contributed by atoms with Crippen LogP contribution in [0.3, 0.4) is 0 Å². The van der Waals surface area contributed by atoms with Crippen molar-refractivity contribution < 1.29 is 10.0 Å². The van der Waals surface area contributed by atoms with Gasteiger partial charge in [0.25, 0.3) is 0 Å². The van der Waals surface area contributed by atoms with Gasteiger partial charge in [0.05, 0.1) is 0 Å². The zero-order chi connectivity index (χ0) is 9.14. The monoisotopic (exact) mass is 171 g/mol. The predicted octanol–water partition coefficient (Wildman–Crippen LogP) is 1.66. The lowest BCUT2D eigenvalue weighted by molar-refractivity contribution is -0.172. The number of carbonyl (C=O) groups is 1. The molecule has 3 heteroatoms. The van der Waals surface area contributed by atoms with Crippen molar-refractivity contribution in [3.8, 4) is 0 Å². The molecule has 1 N–H and O–H groups in total. The third-order valence-corrected chi connectivity index (χ3v) is 2.31. The smallest absolute Gasteiger partial charge is 0.246 e. The van der Waals surface area contributed by atoms with Crippen LogP contribution >= 0.6 is 0 Å². The third-order valence-electron chi connectivity index (χ3n) is 2.31. The van der Waals surface area contributed by atoms with Gasteiger partial charge in [-0.3, -0.25) is 10.0 Å². The molecule has 0 aromatic rings. The van der Waals surface area contributed by atoms with Crippen molar-refractivity contribution in [2.75, 3.05) is 6.54 Å². The highest BCUT2D eigenvalue weighted by molar-refractivity contribution is 5.75. The van der Waals surface area contributed by atoms with Gasteiger partial charge in [-0.2, -0.15) is 0 Å². The first-order valence-corrected chi connectivity index (χ1v) is 4.59. The van der Waals surface area contributed by atoms with E-state index in [1.54, 1.807) is 0 Å². The number of hydroxylamine groups is 2. The minimum atomic E-state index is -0.119. The van der Waals surface area contributed by atoms with Crippen LogP contribution in [0.1, 0.15) is 33.1 Å². The molecule has 1 saturated heterocycles. The van der Waals surface area contributed by atoms with E-state index < -0.39 is 0 Å². The lowest BCUT2D eigenvalue weighted by Crippen LogP contribution is -2.36. The van der Waals surface area contributed by atoms with Gasteiger partial charge < -0.3 is 0 Å². The Morgan fingerprint density at radius 2 is 2.33 bits per heavy atom. The van der Waals surface area contributed by atoms with Gasteiger partial charge >= 0.3 is 0 Å². The van der Waals surface area contributed by atoms with E-state index >= 15 is 0 Å².